The molecule has 0 saturated carbocycles. The minimum Gasteiger partial charge on any atom is -0.390 e. The standard InChI is InChI=1S/C37H43F2N3O4S/c1-5-13-42(14-6-2)37(46)28(8-4)20-27(7-3)36(45)41-33(19-26-17-30(38)21-31(39)18-26)34(44)23-40-22-25-10-9-11-29(16-25)32-12-15-47-35(32)24-43/h7-12,15-18,20-21,24,33-34,40,44H,3,5-6,13-14,19,22-23H2,1-2,4H3,(H,41,45)/b27-20+,28-8+/t33-,34+/m0/s1. The monoisotopic (exact) mass is 663 g/mol. The average Bonchev–Trinajstić information content (AvgIpc) is 3.53. The fourth-order valence-electron chi connectivity index (χ4n) is 5.21. The molecule has 1 heterocycles. The van der Waals surface area contributed by atoms with Gasteiger partial charge in [0.1, 0.15) is 11.6 Å². The summed E-state index contributed by atoms with van der Waals surface area (Å²) in [6.07, 6.45) is 5.61. The highest BCUT2D eigenvalue weighted by molar-refractivity contribution is 7.12. The zero-order valence-electron chi connectivity index (χ0n) is 27.1. The number of carbonyl (C=O) groups is 3. The van der Waals surface area contributed by atoms with Crippen LogP contribution in [0.2, 0.25) is 0 Å². The SMILES string of the molecule is C=C/C(=C\C(=C/C)C(=O)N(CCC)CCC)C(=O)N[C@@H](Cc1cc(F)cc(F)c1)[C@H](O)CNCc1cccc(-c2ccsc2C=O)c1. The topological polar surface area (TPSA) is 98.7 Å². The van der Waals surface area contributed by atoms with Crippen molar-refractivity contribution < 1.29 is 28.3 Å². The molecule has 0 radical (unpaired) electrons. The Morgan fingerprint density at radius 1 is 1.02 bits per heavy atom. The molecule has 3 N–H and O–H groups in total. The molecule has 0 aliphatic carbocycles. The number of rotatable bonds is 18. The van der Waals surface area contributed by atoms with Gasteiger partial charge in [-0.1, -0.05) is 50.8 Å². The molecule has 2 atom stereocenters. The summed E-state index contributed by atoms with van der Waals surface area (Å²) < 4.78 is 28.1. The Bertz CT molecular complexity index is 1570. The van der Waals surface area contributed by atoms with E-state index in [0.29, 0.717) is 30.1 Å². The van der Waals surface area contributed by atoms with Gasteiger partial charge in [0, 0.05) is 49.0 Å². The van der Waals surface area contributed by atoms with Gasteiger partial charge in [-0.2, -0.15) is 0 Å². The molecule has 0 spiro atoms. The van der Waals surface area contributed by atoms with E-state index >= 15 is 0 Å². The normalized spacial score (nSPS) is 13.1. The second kappa shape index (κ2) is 18.8. The van der Waals surface area contributed by atoms with Gasteiger partial charge in [-0.05, 0) is 78.6 Å². The number of amides is 2. The van der Waals surface area contributed by atoms with E-state index in [-0.39, 0.29) is 30.0 Å². The quantitative estimate of drug-likeness (QED) is 0.0833. The van der Waals surface area contributed by atoms with Crippen molar-refractivity contribution >= 4 is 29.4 Å². The Hall–Kier alpha value is -4.25. The van der Waals surface area contributed by atoms with Gasteiger partial charge < -0.3 is 20.6 Å². The lowest BCUT2D eigenvalue weighted by atomic mass is 9.99. The summed E-state index contributed by atoms with van der Waals surface area (Å²) in [5.74, 6) is -2.34. The molecular weight excluding hydrogens is 620 g/mol. The van der Waals surface area contributed by atoms with Crippen LogP contribution in [0.1, 0.15) is 54.4 Å². The number of aldehydes is 1. The van der Waals surface area contributed by atoms with Crippen LogP contribution in [-0.2, 0) is 22.6 Å². The van der Waals surface area contributed by atoms with E-state index in [0.717, 1.165) is 54.0 Å². The maximum Gasteiger partial charge on any atom is 0.253 e. The fraction of sp³-hybridized carbons (Fsp3) is 0.324. The summed E-state index contributed by atoms with van der Waals surface area (Å²) in [5.41, 5.74) is 3.33. The first-order valence-corrected chi connectivity index (χ1v) is 16.6. The van der Waals surface area contributed by atoms with Crippen molar-refractivity contribution in [2.24, 2.45) is 0 Å². The van der Waals surface area contributed by atoms with Crippen molar-refractivity contribution in [3.63, 3.8) is 0 Å². The van der Waals surface area contributed by atoms with Gasteiger partial charge in [-0.3, -0.25) is 14.4 Å². The van der Waals surface area contributed by atoms with E-state index in [2.05, 4.69) is 17.2 Å². The van der Waals surface area contributed by atoms with Gasteiger partial charge in [0.2, 0.25) is 0 Å². The number of hydrogen-bond acceptors (Lipinski definition) is 6. The van der Waals surface area contributed by atoms with Crippen LogP contribution in [0.3, 0.4) is 0 Å². The van der Waals surface area contributed by atoms with E-state index in [1.807, 2.05) is 49.6 Å². The molecule has 0 aliphatic heterocycles. The number of aliphatic hydroxyl groups excluding tert-OH is 1. The van der Waals surface area contributed by atoms with Gasteiger partial charge in [-0.15, -0.1) is 11.3 Å². The molecule has 2 aromatic carbocycles. The van der Waals surface area contributed by atoms with Crippen molar-refractivity contribution in [1.82, 2.24) is 15.5 Å². The lowest BCUT2D eigenvalue weighted by Gasteiger charge is -2.25. The summed E-state index contributed by atoms with van der Waals surface area (Å²) in [6, 6.07) is 11.7. The summed E-state index contributed by atoms with van der Waals surface area (Å²) >= 11 is 1.37. The Morgan fingerprint density at radius 2 is 1.72 bits per heavy atom. The molecule has 0 unspecified atom stereocenters. The second-order valence-corrected chi connectivity index (χ2v) is 12.1. The molecule has 3 aromatic rings. The lowest BCUT2D eigenvalue weighted by molar-refractivity contribution is -0.126. The number of benzene rings is 2. The maximum atomic E-state index is 14.0. The van der Waals surface area contributed by atoms with Gasteiger partial charge in [-0.25, -0.2) is 8.78 Å². The number of halogens is 2. The summed E-state index contributed by atoms with van der Waals surface area (Å²) in [6.45, 7) is 11.0. The largest absolute Gasteiger partial charge is 0.390 e. The maximum absolute atomic E-state index is 14.0. The Labute approximate surface area is 279 Å². The third-order valence-electron chi connectivity index (χ3n) is 7.51. The van der Waals surface area contributed by atoms with Crippen molar-refractivity contribution in [2.45, 2.75) is 58.7 Å². The van der Waals surface area contributed by atoms with Crippen LogP contribution in [0.5, 0.6) is 0 Å². The molecule has 10 heteroatoms. The molecule has 0 bridgehead atoms. The number of carbonyl (C=O) groups excluding carboxylic acids is 3. The molecule has 0 aliphatic rings. The first-order valence-electron chi connectivity index (χ1n) is 15.7. The minimum absolute atomic E-state index is 0.0414. The molecule has 47 heavy (non-hydrogen) atoms. The second-order valence-electron chi connectivity index (χ2n) is 11.1. The van der Waals surface area contributed by atoms with Crippen molar-refractivity contribution in [3.8, 4) is 11.1 Å². The van der Waals surface area contributed by atoms with Crippen LogP contribution in [0.4, 0.5) is 8.78 Å². The third-order valence-corrected chi connectivity index (χ3v) is 8.35. The summed E-state index contributed by atoms with van der Waals surface area (Å²) in [4.78, 5) is 40.5. The number of hydrogen-bond donors (Lipinski definition) is 3. The van der Waals surface area contributed by atoms with Gasteiger partial charge >= 0.3 is 0 Å². The molecular formula is C37H43F2N3O4S. The van der Waals surface area contributed by atoms with E-state index < -0.39 is 29.7 Å². The Kier molecular flexibility index (Phi) is 14.9. The third kappa shape index (κ3) is 10.9. The zero-order valence-corrected chi connectivity index (χ0v) is 27.9. The van der Waals surface area contributed by atoms with Crippen LogP contribution < -0.4 is 10.6 Å². The molecule has 1 aromatic heterocycles. The van der Waals surface area contributed by atoms with Crippen molar-refractivity contribution in [3.05, 3.63) is 118 Å². The molecule has 0 saturated heterocycles. The molecule has 2 amide bonds. The molecule has 250 valence electrons. The van der Waals surface area contributed by atoms with Crippen molar-refractivity contribution in [1.29, 1.82) is 0 Å². The average molecular weight is 664 g/mol. The van der Waals surface area contributed by atoms with Crippen molar-refractivity contribution in [2.75, 3.05) is 19.6 Å². The van der Waals surface area contributed by atoms with Gasteiger partial charge in [0.15, 0.2) is 6.29 Å². The van der Waals surface area contributed by atoms with Crippen LogP contribution in [0.15, 0.2) is 89.9 Å². The fourth-order valence-corrected chi connectivity index (χ4v) is 5.93. The number of thiophene rings is 1. The van der Waals surface area contributed by atoms with Crippen LogP contribution >= 0.6 is 11.3 Å². The molecule has 3 rings (SSSR count). The smallest absolute Gasteiger partial charge is 0.253 e. The predicted octanol–water partition coefficient (Wildman–Crippen LogP) is 6.39. The van der Waals surface area contributed by atoms with Crippen LogP contribution in [0, 0.1) is 11.6 Å². The number of nitrogens with zero attached hydrogens (tertiary/aromatic N) is 1. The first-order chi connectivity index (χ1) is 22.6. The summed E-state index contributed by atoms with van der Waals surface area (Å²) in [5, 5.41) is 19.1. The zero-order chi connectivity index (χ0) is 34.3. The number of aliphatic hydroxyl groups is 1. The highest BCUT2D eigenvalue weighted by Gasteiger charge is 2.24. The number of nitrogens with one attached hydrogen (secondary N) is 2. The summed E-state index contributed by atoms with van der Waals surface area (Å²) in [7, 11) is 0. The Morgan fingerprint density at radius 3 is 2.34 bits per heavy atom. The van der Waals surface area contributed by atoms with Gasteiger partial charge in [0.05, 0.1) is 17.0 Å². The predicted molar refractivity (Wildman–Crippen MR) is 184 cm³/mol. The van der Waals surface area contributed by atoms with Gasteiger partial charge in [0.25, 0.3) is 11.8 Å². The first kappa shape index (κ1) is 37.2. The van der Waals surface area contributed by atoms with Crippen LogP contribution in [0.25, 0.3) is 11.1 Å². The minimum atomic E-state index is -1.16. The molecule has 7 nitrogen and oxygen atoms in total. The highest BCUT2D eigenvalue weighted by Crippen LogP contribution is 2.27. The number of allylic oxidation sites excluding steroid dienone is 1. The van der Waals surface area contributed by atoms with E-state index in [4.69, 9.17) is 0 Å². The van der Waals surface area contributed by atoms with E-state index in [1.165, 1.54) is 23.5 Å². The van der Waals surface area contributed by atoms with Crippen LogP contribution in [-0.4, -0.2) is 59.9 Å². The Balaban J connectivity index is 1.79. The highest BCUT2D eigenvalue weighted by atomic mass is 32.1. The van der Waals surface area contributed by atoms with E-state index in [1.54, 1.807) is 17.9 Å². The molecule has 0 fully saturated rings. The lowest BCUT2D eigenvalue weighted by Crippen LogP contribution is -2.49. The van der Waals surface area contributed by atoms with E-state index in [9.17, 15) is 28.3 Å².